The molecule has 0 radical (unpaired) electrons. The van der Waals surface area contributed by atoms with E-state index in [1.165, 1.54) is 0 Å². The Morgan fingerprint density at radius 3 is 2.84 bits per heavy atom. The Morgan fingerprint density at radius 2 is 2.16 bits per heavy atom. The molecule has 0 aliphatic rings. The topological polar surface area (TPSA) is 30.7 Å². The van der Waals surface area contributed by atoms with Crippen LogP contribution >= 0.6 is 23.4 Å². The van der Waals surface area contributed by atoms with Crippen molar-refractivity contribution in [3.8, 4) is 0 Å². The second-order valence-electron chi connectivity index (χ2n) is 4.21. The Bertz CT molecular complexity index is 580. The van der Waals surface area contributed by atoms with Crippen LogP contribution < -0.4 is 0 Å². The quantitative estimate of drug-likeness (QED) is 0.609. The first-order valence-electron chi connectivity index (χ1n) is 6.05. The lowest BCUT2D eigenvalue weighted by Crippen LogP contribution is -2.01. The highest BCUT2D eigenvalue weighted by molar-refractivity contribution is 7.99. The van der Waals surface area contributed by atoms with Crippen molar-refractivity contribution < 1.29 is 0 Å². The van der Waals surface area contributed by atoms with Crippen LogP contribution in [-0.4, -0.2) is 14.8 Å². The second-order valence-corrected chi connectivity index (χ2v) is 5.93. The van der Waals surface area contributed by atoms with Crippen molar-refractivity contribution >= 4 is 23.4 Å². The van der Waals surface area contributed by atoms with Crippen molar-refractivity contribution in [2.75, 3.05) is 0 Å². The lowest BCUT2D eigenvalue weighted by molar-refractivity contribution is 0.702. The number of aromatic nitrogens is 3. The zero-order chi connectivity index (χ0) is 13.8. The van der Waals surface area contributed by atoms with E-state index in [1.807, 2.05) is 41.8 Å². The number of hydrogen-bond donors (Lipinski definition) is 0. The highest BCUT2D eigenvalue weighted by atomic mass is 35.5. The first-order chi connectivity index (χ1) is 9.13. The van der Waals surface area contributed by atoms with Gasteiger partial charge in [0.2, 0.25) is 0 Å². The maximum absolute atomic E-state index is 6.22. The highest BCUT2D eigenvalue weighted by Crippen LogP contribution is 2.37. The van der Waals surface area contributed by atoms with Crippen molar-refractivity contribution in [1.29, 1.82) is 0 Å². The molecule has 1 heterocycles. The summed E-state index contributed by atoms with van der Waals surface area (Å²) in [5.74, 6) is 0.897. The predicted octanol–water partition coefficient (Wildman–Crippen LogP) is 4.28. The summed E-state index contributed by atoms with van der Waals surface area (Å²) in [6.07, 6.45) is 1.85. The van der Waals surface area contributed by atoms with Gasteiger partial charge in [-0.2, -0.15) is 0 Å². The third-order valence-electron chi connectivity index (χ3n) is 2.84. The molecule has 5 heteroatoms. The summed E-state index contributed by atoms with van der Waals surface area (Å²) < 4.78 is 2.05. The number of thioether (sulfide) groups is 1. The summed E-state index contributed by atoms with van der Waals surface area (Å²) >= 11 is 7.87. The monoisotopic (exact) mass is 293 g/mol. The number of hydrogen-bond acceptors (Lipinski definition) is 3. The van der Waals surface area contributed by atoms with Gasteiger partial charge in [-0.25, -0.2) is 0 Å². The Labute approximate surface area is 122 Å². The normalized spacial score (nSPS) is 12.4. The van der Waals surface area contributed by atoms with Crippen LogP contribution in [0.1, 0.15) is 23.6 Å². The van der Waals surface area contributed by atoms with Gasteiger partial charge in [0, 0.05) is 16.8 Å². The highest BCUT2D eigenvalue weighted by Gasteiger charge is 2.15. The third-order valence-corrected chi connectivity index (χ3v) is 4.30. The van der Waals surface area contributed by atoms with Gasteiger partial charge in [-0.15, -0.1) is 16.8 Å². The van der Waals surface area contributed by atoms with Gasteiger partial charge in [0.05, 0.1) is 0 Å². The van der Waals surface area contributed by atoms with E-state index in [0.717, 1.165) is 28.1 Å². The van der Waals surface area contributed by atoms with Crippen molar-refractivity contribution in [3.63, 3.8) is 0 Å². The van der Waals surface area contributed by atoms with Crippen molar-refractivity contribution in [1.82, 2.24) is 14.8 Å². The summed E-state index contributed by atoms with van der Waals surface area (Å²) in [5, 5.41) is 10.2. The molecule has 0 amide bonds. The number of rotatable bonds is 5. The minimum atomic E-state index is 0.223. The number of nitrogens with zero attached hydrogens (tertiary/aromatic N) is 3. The van der Waals surface area contributed by atoms with Gasteiger partial charge in [-0.3, -0.25) is 0 Å². The molecular weight excluding hydrogens is 278 g/mol. The van der Waals surface area contributed by atoms with Crippen molar-refractivity contribution in [2.45, 2.75) is 30.8 Å². The average Bonchev–Trinajstić information content (AvgIpc) is 2.72. The molecule has 0 saturated heterocycles. The van der Waals surface area contributed by atoms with E-state index in [-0.39, 0.29) is 5.25 Å². The summed E-state index contributed by atoms with van der Waals surface area (Å²) in [6, 6.07) is 7.89. The van der Waals surface area contributed by atoms with Crippen LogP contribution in [0.5, 0.6) is 0 Å². The van der Waals surface area contributed by atoms with E-state index >= 15 is 0 Å². The Kier molecular flexibility index (Phi) is 4.66. The molecule has 2 rings (SSSR count). The summed E-state index contributed by atoms with van der Waals surface area (Å²) in [6.45, 7) is 8.55. The summed E-state index contributed by atoms with van der Waals surface area (Å²) in [5.41, 5.74) is 1.11. The van der Waals surface area contributed by atoms with Crippen molar-refractivity contribution in [2.24, 2.45) is 0 Å². The number of halogens is 1. The lowest BCUT2D eigenvalue weighted by atomic mass is 10.2. The molecule has 0 bridgehead atoms. The standard InChI is InChI=1S/C14H16ClN3S/c1-4-9-18-11(3)16-17-14(18)19-10(2)12-7-5-6-8-13(12)15/h4-8,10H,1,9H2,2-3H3. The maximum Gasteiger partial charge on any atom is 0.192 e. The number of benzene rings is 1. The minimum absolute atomic E-state index is 0.223. The first-order valence-corrected chi connectivity index (χ1v) is 7.31. The molecule has 0 N–H and O–H groups in total. The molecule has 1 atom stereocenters. The molecule has 100 valence electrons. The van der Waals surface area contributed by atoms with E-state index in [0.29, 0.717) is 0 Å². The number of aryl methyl sites for hydroxylation is 1. The SMILES string of the molecule is C=CCn1c(C)nnc1SC(C)c1ccccc1Cl. The van der Waals surface area contributed by atoms with Gasteiger partial charge >= 0.3 is 0 Å². The van der Waals surface area contributed by atoms with Crippen LogP contribution in [0.15, 0.2) is 42.1 Å². The van der Waals surface area contributed by atoms with Gasteiger partial charge in [0.25, 0.3) is 0 Å². The lowest BCUT2D eigenvalue weighted by Gasteiger charge is -2.13. The second kappa shape index (κ2) is 6.26. The molecule has 19 heavy (non-hydrogen) atoms. The molecule has 1 unspecified atom stereocenters. The smallest absolute Gasteiger partial charge is 0.192 e. The van der Waals surface area contributed by atoms with Gasteiger partial charge in [-0.1, -0.05) is 47.6 Å². The average molecular weight is 294 g/mol. The van der Waals surface area contributed by atoms with Gasteiger partial charge in [0.15, 0.2) is 5.16 Å². The largest absolute Gasteiger partial charge is 0.302 e. The number of allylic oxidation sites excluding steroid dienone is 1. The molecule has 3 nitrogen and oxygen atoms in total. The fourth-order valence-corrected chi connectivity index (χ4v) is 3.25. The predicted molar refractivity (Wildman–Crippen MR) is 80.7 cm³/mol. The molecule has 0 aliphatic carbocycles. The fourth-order valence-electron chi connectivity index (χ4n) is 1.81. The minimum Gasteiger partial charge on any atom is -0.302 e. The van der Waals surface area contributed by atoms with E-state index in [9.17, 15) is 0 Å². The molecule has 1 aromatic carbocycles. The van der Waals surface area contributed by atoms with Crippen molar-refractivity contribution in [3.05, 3.63) is 53.3 Å². The molecular formula is C14H16ClN3S. The Balaban J connectivity index is 2.22. The third kappa shape index (κ3) is 3.19. The fraction of sp³-hybridized carbons (Fsp3) is 0.286. The molecule has 0 spiro atoms. The Morgan fingerprint density at radius 1 is 1.42 bits per heavy atom. The zero-order valence-electron chi connectivity index (χ0n) is 11.0. The molecule has 0 saturated carbocycles. The maximum atomic E-state index is 6.22. The molecule has 1 aromatic heterocycles. The van der Waals surface area contributed by atoms with E-state index in [2.05, 4.69) is 23.7 Å². The van der Waals surface area contributed by atoms with Crippen LogP contribution in [0.2, 0.25) is 5.02 Å². The Hall–Kier alpha value is -1.26. The molecule has 0 fully saturated rings. The van der Waals surface area contributed by atoms with Gasteiger partial charge < -0.3 is 4.57 Å². The van der Waals surface area contributed by atoms with Crippen LogP contribution in [0, 0.1) is 6.92 Å². The van der Waals surface area contributed by atoms with E-state index in [4.69, 9.17) is 11.6 Å². The molecule has 2 aromatic rings. The first kappa shape index (κ1) is 14.2. The van der Waals surface area contributed by atoms with E-state index in [1.54, 1.807) is 11.8 Å². The van der Waals surface area contributed by atoms with Crippen LogP contribution in [0.4, 0.5) is 0 Å². The summed E-state index contributed by atoms with van der Waals surface area (Å²) in [7, 11) is 0. The zero-order valence-corrected chi connectivity index (χ0v) is 12.6. The van der Waals surface area contributed by atoms with Crippen LogP contribution in [0.25, 0.3) is 0 Å². The van der Waals surface area contributed by atoms with Crippen LogP contribution in [-0.2, 0) is 6.54 Å². The molecule has 0 aliphatic heterocycles. The van der Waals surface area contributed by atoms with Gasteiger partial charge in [-0.05, 0) is 25.5 Å². The summed E-state index contributed by atoms with van der Waals surface area (Å²) in [4.78, 5) is 0. The van der Waals surface area contributed by atoms with Crippen LogP contribution in [0.3, 0.4) is 0 Å². The van der Waals surface area contributed by atoms with E-state index < -0.39 is 0 Å². The van der Waals surface area contributed by atoms with Gasteiger partial charge in [0.1, 0.15) is 5.82 Å².